The van der Waals surface area contributed by atoms with E-state index in [0.717, 1.165) is 12.1 Å². The first-order valence-corrected chi connectivity index (χ1v) is 3.28. The number of hydrogen-bond acceptors (Lipinski definition) is 3. The monoisotopic (exact) mass is 168 g/mol. The van der Waals surface area contributed by atoms with Crippen LogP contribution in [0.25, 0.3) is 0 Å². The lowest BCUT2D eigenvalue weighted by Gasteiger charge is -2.03. The molecule has 1 rings (SSSR count). The van der Waals surface area contributed by atoms with Crippen LogP contribution < -0.4 is 0 Å². The van der Waals surface area contributed by atoms with Crippen LogP contribution in [0.15, 0.2) is 12.1 Å². The molecule has 0 aliphatic heterocycles. The molecule has 4 heteroatoms. The first kappa shape index (κ1) is 8.39. The zero-order valence-corrected chi connectivity index (χ0v) is 6.40. The summed E-state index contributed by atoms with van der Waals surface area (Å²) in [5.74, 6) is -1.64. The summed E-state index contributed by atoms with van der Waals surface area (Å²) in [6.45, 7) is 1.47. The molecule has 1 aromatic carbocycles. The zero-order valence-electron chi connectivity index (χ0n) is 6.40. The molecule has 0 heterocycles. The molecule has 0 atom stereocenters. The van der Waals surface area contributed by atoms with Gasteiger partial charge in [0.2, 0.25) is 0 Å². The van der Waals surface area contributed by atoms with Crippen LogP contribution >= 0.6 is 0 Å². The second kappa shape index (κ2) is 2.73. The molecule has 3 N–H and O–H groups in total. The van der Waals surface area contributed by atoms with Crippen LogP contribution in [0.1, 0.15) is 15.9 Å². The summed E-state index contributed by atoms with van der Waals surface area (Å²) in [4.78, 5) is 10.5. The Morgan fingerprint density at radius 1 is 1.33 bits per heavy atom. The molecule has 1 aromatic rings. The first-order valence-electron chi connectivity index (χ1n) is 3.28. The molecule has 0 saturated carbocycles. The molecule has 0 unspecified atom stereocenters. The van der Waals surface area contributed by atoms with E-state index in [1.54, 1.807) is 0 Å². The Morgan fingerprint density at radius 3 is 2.42 bits per heavy atom. The van der Waals surface area contributed by atoms with Crippen molar-refractivity contribution in [3.05, 3.63) is 23.3 Å². The number of rotatable bonds is 1. The Bertz CT molecular complexity index is 330. The summed E-state index contributed by atoms with van der Waals surface area (Å²) < 4.78 is 0. The number of phenolic OH excluding ortho intramolecular Hbond substituents is 2. The van der Waals surface area contributed by atoms with Crippen molar-refractivity contribution >= 4 is 5.97 Å². The Balaban J connectivity index is 3.37. The van der Waals surface area contributed by atoms with E-state index in [9.17, 15) is 4.79 Å². The summed E-state index contributed by atoms with van der Waals surface area (Å²) in [7, 11) is 0. The van der Waals surface area contributed by atoms with E-state index < -0.39 is 5.97 Å². The number of benzene rings is 1. The highest BCUT2D eigenvalue weighted by atomic mass is 16.4. The number of carboxylic acid groups (broad SMARTS) is 1. The van der Waals surface area contributed by atoms with E-state index >= 15 is 0 Å². The van der Waals surface area contributed by atoms with Gasteiger partial charge in [-0.05, 0) is 13.0 Å². The van der Waals surface area contributed by atoms with E-state index in [1.807, 2.05) is 0 Å². The van der Waals surface area contributed by atoms with Crippen LogP contribution in [0.3, 0.4) is 0 Å². The van der Waals surface area contributed by atoms with Gasteiger partial charge in [0.25, 0.3) is 0 Å². The minimum absolute atomic E-state index is 0.0903. The molecular weight excluding hydrogens is 160 g/mol. The standard InChI is InChI=1S/C8H8O4/c1-4-6(8(11)12)2-5(9)3-7(4)10/h2-3,9-10H,1H3,(H,11,12). The maximum absolute atomic E-state index is 10.5. The molecule has 0 amide bonds. The summed E-state index contributed by atoms with van der Waals surface area (Å²) in [6, 6.07) is 2.19. The Kier molecular flexibility index (Phi) is 1.91. The SMILES string of the molecule is Cc1c(O)cc(O)cc1C(=O)O. The predicted octanol–water partition coefficient (Wildman–Crippen LogP) is 1.10. The van der Waals surface area contributed by atoms with Crippen molar-refractivity contribution < 1.29 is 20.1 Å². The van der Waals surface area contributed by atoms with Crippen LogP contribution in [-0.4, -0.2) is 21.3 Å². The Hall–Kier alpha value is -1.71. The second-order valence-corrected chi connectivity index (χ2v) is 2.44. The Morgan fingerprint density at radius 2 is 1.92 bits per heavy atom. The third kappa shape index (κ3) is 1.32. The van der Waals surface area contributed by atoms with Crippen molar-refractivity contribution in [3.63, 3.8) is 0 Å². The molecular formula is C8H8O4. The number of phenols is 2. The van der Waals surface area contributed by atoms with Crippen molar-refractivity contribution in [2.75, 3.05) is 0 Å². The molecule has 0 aliphatic carbocycles. The lowest BCUT2D eigenvalue weighted by atomic mass is 10.1. The highest BCUT2D eigenvalue weighted by Gasteiger charge is 2.11. The average Bonchev–Trinajstić information content (AvgIpc) is 1.96. The van der Waals surface area contributed by atoms with Crippen LogP contribution in [0, 0.1) is 6.92 Å². The van der Waals surface area contributed by atoms with Gasteiger partial charge in [-0.3, -0.25) is 0 Å². The molecule has 64 valence electrons. The van der Waals surface area contributed by atoms with Gasteiger partial charge >= 0.3 is 5.97 Å². The topological polar surface area (TPSA) is 77.8 Å². The van der Waals surface area contributed by atoms with Gasteiger partial charge in [-0.1, -0.05) is 0 Å². The third-order valence-electron chi connectivity index (χ3n) is 1.60. The number of aromatic hydroxyl groups is 2. The van der Waals surface area contributed by atoms with E-state index in [0.29, 0.717) is 0 Å². The fourth-order valence-corrected chi connectivity index (χ4v) is 0.906. The summed E-state index contributed by atoms with van der Waals surface area (Å²) in [5, 5.41) is 26.6. The highest BCUT2D eigenvalue weighted by molar-refractivity contribution is 5.90. The number of hydrogen-bond donors (Lipinski definition) is 3. The fraction of sp³-hybridized carbons (Fsp3) is 0.125. The maximum Gasteiger partial charge on any atom is 0.336 e. The third-order valence-corrected chi connectivity index (χ3v) is 1.60. The van der Waals surface area contributed by atoms with Gasteiger partial charge in [0.1, 0.15) is 11.5 Å². The van der Waals surface area contributed by atoms with Crippen molar-refractivity contribution in [1.82, 2.24) is 0 Å². The summed E-state index contributed by atoms with van der Waals surface area (Å²) in [6.07, 6.45) is 0. The molecule has 0 radical (unpaired) electrons. The van der Waals surface area contributed by atoms with Gasteiger partial charge in [-0.2, -0.15) is 0 Å². The minimum Gasteiger partial charge on any atom is -0.508 e. The van der Waals surface area contributed by atoms with E-state index in [4.69, 9.17) is 15.3 Å². The van der Waals surface area contributed by atoms with Crippen molar-refractivity contribution in [2.45, 2.75) is 6.92 Å². The first-order chi connectivity index (χ1) is 5.52. The van der Waals surface area contributed by atoms with Gasteiger partial charge in [0.05, 0.1) is 5.56 Å². The van der Waals surface area contributed by atoms with Crippen molar-refractivity contribution in [2.24, 2.45) is 0 Å². The maximum atomic E-state index is 10.5. The van der Waals surface area contributed by atoms with Gasteiger partial charge in [0, 0.05) is 11.6 Å². The molecule has 0 bridgehead atoms. The predicted molar refractivity (Wildman–Crippen MR) is 41.5 cm³/mol. The van der Waals surface area contributed by atoms with Crippen LogP contribution in [0.5, 0.6) is 11.5 Å². The van der Waals surface area contributed by atoms with Crippen molar-refractivity contribution in [1.29, 1.82) is 0 Å². The lowest BCUT2D eigenvalue weighted by molar-refractivity contribution is 0.0695. The molecule has 0 fully saturated rings. The zero-order chi connectivity index (χ0) is 9.30. The summed E-state index contributed by atoms with van der Waals surface area (Å²) in [5.41, 5.74) is 0.160. The van der Waals surface area contributed by atoms with E-state index in [2.05, 4.69) is 0 Å². The lowest BCUT2D eigenvalue weighted by Crippen LogP contribution is -1.99. The molecule has 12 heavy (non-hydrogen) atoms. The van der Waals surface area contributed by atoms with Crippen LogP contribution in [0.4, 0.5) is 0 Å². The van der Waals surface area contributed by atoms with Crippen LogP contribution in [-0.2, 0) is 0 Å². The highest BCUT2D eigenvalue weighted by Crippen LogP contribution is 2.25. The fourth-order valence-electron chi connectivity index (χ4n) is 0.906. The molecule has 0 saturated heterocycles. The minimum atomic E-state index is -1.17. The largest absolute Gasteiger partial charge is 0.508 e. The second-order valence-electron chi connectivity index (χ2n) is 2.44. The molecule has 0 aromatic heterocycles. The smallest absolute Gasteiger partial charge is 0.336 e. The van der Waals surface area contributed by atoms with Crippen molar-refractivity contribution in [3.8, 4) is 11.5 Å². The number of aromatic carboxylic acids is 1. The van der Waals surface area contributed by atoms with Gasteiger partial charge < -0.3 is 15.3 Å². The number of carbonyl (C=O) groups is 1. The van der Waals surface area contributed by atoms with Gasteiger partial charge in [-0.25, -0.2) is 4.79 Å². The van der Waals surface area contributed by atoms with Gasteiger partial charge in [-0.15, -0.1) is 0 Å². The normalized spacial score (nSPS) is 9.75. The molecule has 0 spiro atoms. The van der Waals surface area contributed by atoms with Crippen LogP contribution in [0.2, 0.25) is 0 Å². The Labute approximate surface area is 68.7 Å². The van der Waals surface area contributed by atoms with E-state index in [-0.39, 0.29) is 22.6 Å². The molecule has 0 aliphatic rings. The average molecular weight is 168 g/mol. The van der Waals surface area contributed by atoms with E-state index in [1.165, 1.54) is 6.92 Å². The number of carboxylic acids is 1. The quantitative estimate of drug-likeness (QED) is 0.586. The van der Waals surface area contributed by atoms with Gasteiger partial charge in [0.15, 0.2) is 0 Å². The molecule has 4 nitrogen and oxygen atoms in total. The summed E-state index contributed by atoms with van der Waals surface area (Å²) >= 11 is 0.